The standard InChI is InChI=1S/C14H16F2N2OS/c15-9-5-6-12(16)11(7-9)14(19)18(8-13(17)20)10-3-1-2-4-10/h5-7,10H,1-4,8H2,(H2,17,20). The van der Waals surface area contributed by atoms with E-state index in [0.717, 1.165) is 43.9 Å². The predicted molar refractivity (Wildman–Crippen MR) is 76.4 cm³/mol. The Bertz CT molecular complexity index is 530. The molecule has 20 heavy (non-hydrogen) atoms. The molecule has 2 N–H and O–H groups in total. The summed E-state index contributed by atoms with van der Waals surface area (Å²) in [6, 6.07) is 2.85. The average molecular weight is 298 g/mol. The summed E-state index contributed by atoms with van der Waals surface area (Å²) >= 11 is 4.85. The first-order valence-electron chi connectivity index (χ1n) is 6.53. The van der Waals surface area contributed by atoms with Crippen LogP contribution in [0.2, 0.25) is 0 Å². The number of hydrogen-bond acceptors (Lipinski definition) is 2. The normalized spacial score (nSPS) is 15.3. The second-order valence-corrected chi connectivity index (χ2v) is 5.49. The molecule has 6 heteroatoms. The number of carbonyl (C=O) groups is 1. The average Bonchev–Trinajstić information content (AvgIpc) is 2.91. The SMILES string of the molecule is NC(=S)CN(C(=O)c1cc(F)ccc1F)C1CCCC1. The molecule has 0 spiro atoms. The van der Waals surface area contributed by atoms with Crippen LogP contribution in [0.5, 0.6) is 0 Å². The Morgan fingerprint density at radius 2 is 2.00 bits per heavy atom. The van der Waals surface area contributed by atoms with Gasteiger partial charge < -0.3 is 10.6 Å². The first-order chi connectivity index (χ1) is 9.49. The third-order valence-electron chi connectivity index (χ3n) is 3.51. The molecule has 0 saturated heterocycles. The van der Waals surface area contributed by atoms with Crippen LogP contribution in [0, 0.1) is 11.6 Å². The van der Waals surface area contributed by atoms with Gasteiger partial charge in [0.15, 0.2) is 0 Å². The van der Waals surface area contributed by atoms with E-state index in [1.165, 1.54) is 4.90 Å². The van der Waals surface area contributed by atoms with Crippen molar-refractivity contribution >= 4 is 23.1 Å². The number of carbonyl (C=O) groups excluding carboxylic acids is 1. The Hall–Kier alpha value is -1.56. The molecule has 108 valence electrons. The minimum Gasteiger partial charge on any atom is -0.392 e. The summed E-state index contributed by atoms with van der Waals surface area (Å²) in [4.78, 5) is 14.1. The molecular weight excluding hydrogens is 282 g/mol. The number of nitrogens with two attached hydrogens (primary N) is 1. The molecule has 0 radical (unpaired) electrons. The van der Waals surface area contributed by atoms with Crippen LogP contribution in [-0.2, 0) is 0 Å². The van der Waals surface area contributed by atoms with Crippen molar-refractivity contribution in [3.63, 3.8) is 0 Å². The highest BCUT2D eigenvalue weighted by molar-refractivity contribution is 7.80. The fourth-order valence-electron chi connectivity index (χ4n) is 2.57. The van der Waals surface area contributed by atoms with Crippen molar-refractivity contribution in [1.82, 2.24) is 4.90 Å². The summed E-state index contributed by atoms with van der Waals surface area (Å²) in [5, 5.41) is 0. The van der Waals surface area contributed by atoms with Crippen LogP contribution < -0.4 is 5.73 Å². The zero-order chi connectivity index (χ0) is 14.7. The lowest BCUT2D eigenvalue weighted by Crippen LogP contribution is -2.44. The lowest BCUT2D eigenvalue weighted by Gasteiger charge is -2.28. The van der Waals surface area contributed by atoms with Gasteiger partial charge in [-0.1, -0.05) is 25.1 Å². The summed E-state index contributed by atoms with van der Waals surface area (Å²) in [5.74, 6) is -1.93. The van der Waals surface area contributed by atoms with Crippen molar-refractivity contribution in [3.8, 4) is 0 Å². The van der Waals surface area contributed by atoms with Gasteiger partial charge in [0.2, 0.25) is 0 Å². The fourth-order valence-corrected chi connectivity index (χ4v) is 2.71. The Morgan fingerprint density at radius 1 is 1.35 bits per heavy atom. The van der Waals surface area contributed by atoms with E-state index < -0.39 is 17.5 Å². The van der Waals surface area contributed by atoms with Gasteiger partial charge in [0, 0.05) is 6.04 Å². The molecule has 0 heterocycles. The van der Waals surface area contributed by atoms with Gasteiger partial charge in [0.25, 0.3) is 5.91 Å². The maximum atomic E-state index is 13.7. The van der Waals surface area contributed by atoms with Gasteiger partial charge in [-0.25, -0.2) is 8.78 Å². The number of amides is 1. The maximum absolute atomic E-state index is 13.7. The molecule has 3 nitrogen and oxygen atoms in total. The monoisotopic (exact) mass is 298 g/mol. The summed E-state index contributed by atoms with van der Waals surface area (Å²) in [5.41, 5.74) is 5.24. The molecule has 1 fully saturated rings. The Labute approximate surface area is 121 Å². The van der Waals surface area contributed by atoms with Gasteiger partial charge in [-0.15, -0.1) is 0 Å². The molecule has 1 aliphatic rings. The number of benzene rings is 1. The van der Waals surface area contributed by atoms with Gasteiger partial charge in [-0.2, -0.15) is 0 Å². The van der Waals surface area contributed by atoms with Crippen molar-refractivity contribution in [3.05, 3.63) is 35.4 Å². The molecule has 1 aromatic rings. The molecule has 1 aliphatic carbocycles. The van der Waals surface area contributed by atoms with Crippen LogP contribution in [0.4, 0.5) is 8.78 Å². The first-order valence-corrected chi connectivity index (χ1v) is 6.94. The molecule has 0 aromatic heterocycles. The summed E-state index contributed by atoms with van der Waals surface area (Å²) in [6.07, 6.45) is 3.70. The molecule has 0 aliphatic heterocycles. The lowest BCUT2D eigenvalue weighted by molar-refractivity contribution is 0.0709. The van der Waals surface area contributed by atoms with E-state index in [0.29, 0.717) is 0 Å². The first kappa shape index (κ1) is 14.8. The van der Waals surface area contributed by atoms with Crippen molar-refractivity contribution in [2.24, 2.45) is 5.73 Å². The van der Waals surface area contributed by atoms with E-state index in [1.807, 2.05) is 0 Å². The molecule has 2 rings (SSSR count). The minimum absolute atomic E-state index is 0.00772. The molecule has 1 aromatic carbocycles. The van der Waals surface area contributed by atoms with Crippen LogP contribution in [0.1, 0.15) is 36.0 Å². The molecule has 1 saturated carbocycles. The molecule has 0 bridgehead atoms. The third kappa shape index (κ3) is 3.30. The highest BCUT2D eigenvalue weighted by Gasteiger charge is 2.29. The van der Waals surface area contributed by atoms with Crippen LogP contribution in [-0.4, -0.2) is 28.4 Å². The lowest BCUT2D eigenvalue weighted by atomic mass is 10.1. The molecule has 0 unspecified atom stereocenters. The highest BCUT2D eigenvalue weighted by atomic mass is 32.1. The summed E-state index contributed by atoms with van der Waals surface area (Å²) in [7, 11) is 0. The third-order valence-corrected chi connectivity index (χ3v) is 3.64. The van der Waals surface area contributed by atoms with Gasteiger partial charge >= 0.3 is 0 Å². The predicted octanol–water partition coefficient (Wildman–Crippen LogP) is 2.64. The summed E-state index contributed by atoms with van der Waals surface area (Å²) < 4.78 is 26.9. The zero-order valence-electron chi connectivity index (χ0n) is 10.9. The number of halogens is 2. The van der Waals surface area contributed by atoms with Gasteiger partial charge in [-0.05, 0) is 31.0 Å². The Balaban J connectivity index is 2.29. The van der Waals surface area contributed by atoms with E-state index in [1.54, 1.807) is 0 Å². The van der Waals surface area contributed by atoms with E-state index in [9.17, 15) is 13.6 Å². The van der Waals surface area contributed by atoms with Crippen LogP contribution in [0.3, 0.4) is 0 Å². The maximum Gasteiger partial charge on any atom is 0.257 e. The van der Waals surface area contributed by atoms with Crippen molar-refractivity contribution < 1.29 is 13.6 Å². The fraction of sp³-hybridized carbons (Fsp3) is 0.429. The zero-order valence-corrected chi connectivity index (χ0v) is 11.8. The smallest absolute Gasteiger partial charge is 0.257 e. The quantitative estimate of drug-likeness (QED) is 0.869. The van der Waals surface area contributed by atoms with Crippen LogP contribution >= 0.6 is 12.2 Å². The number of thiocarbonyl (C=S) groups is 1. The van der Waals surface area contributed by atoms with Gasteiger partial charge in [-0.3, -0.25) is 4.79 Å². The van der Waals surface area contributed by atoms with E-state index >= 15 is 0 Å². The molecule has 1 amide bonds. The van der Waals surface area contributed by atoms with E-state index in [4.69, 9.17) is 18.0 Å². The largest absolute Gasteiger partial charge is 0.392 e. The number of nitrogens with zero attached hydrogens (tertiary/aromatic N) is 1. The highest BCUT2D eigenvalue weighted by Crippen LogP contribution is 2.25. The van der Waals surface area contributed by atoms with Crippen molar-refractivity contribution in [1.29, 1.82) is 0 Å². The number of hydrogen-bond donors (Lipinski definition) is 1. The summed E-state index contributed by atoms with van der Waals surface area (Å²) in [6.45, 7) is 0.0921. The number of rotatable bonds is 4. The van der Waals surface area contributed by atoms with E-state index in [-0.39, 0.29) is 23.1 Å². The van der Waals surface area contributed by atoms with Crippen LogP contribution in [0.15, 0.2) is 18.2 Å². The second-order valence-electron chi connectivity index (χ2n) is 4.96. The van der Waals surface area contributed by atoms with Crippen molar-refractivity contribution in [2.75, 3.05) is 6.54 Å². The van der Waals surface area contributed by atoms with E-state index in [2.05, 4.69) is 0 Å². The Kier molecular flexibility index (Phi) is 4.65. The van der Waals surface area contributed by atoms with Crippen molar-refractivity contribution in [2.45, 2.75) is 31.7 Å². The van der Waals surface area contributed by atoms with Gasteiger partial charge in [0.05, 0.1) is 17.1 Å². The van der Waals surface area contributed by atoms with Gasteiger partial charge in [0.1, 0.15) is 11.6 Å². The van der Waals surface area contributed by atoms with Crippen LogP contribution in [0.25, 0.3) is 0 Å². The minimum atomic E-state index is -0.734. The Morgan fingerprint density at radius 3 is 2.60 bits per heavy atom. The second kappa shape index (κ2) is 6.26. The molecular formula is C14H16F2N2OS. The molecule has 0 atom stereocenters. The topological polar surface area (TPSA) is 46.3 Å².